The molecule has 0 saturated carbocycles. The fourth-order valence-corrected chi connectivity index (χ4v) is 2.47. The van der Waals surface area contributed by atoms with Crippen LogP contribution in [0, 0.1) is 0 Å². The number of alkyl halides is 3. The summed E-state index contributed by atoms with van der Waals surface area (Å²) in [5.74, 6) is 1.02. The van der Waals surface area contributed by atoms with Crippen LogP contribution in [-0.2, 0) is 0 Å². The van der Waals surface area contributed by atoms with Gasteiger partial charge in [0, 0.05) is 12.7 Å². The van der Waals surface area contributed by atoms with E-state index in [0.29, 0.717) is 29.4 Å². The molecule has 2 aromatic heterocycles. The molecule has 9 heteroatoms. The van der Waals surface area contributed by atoms with Crippen molar-refractivity contribution in [3.63, 3.8) is 0 Å². The zero-order valence-corrected chi connectivity index (χ0v) is 18.6. The van der Waals surface area contributed by atoms with Gasteiger partial charge in [-0.2, -0.15) is 18.2 Å². The Kier molecular flexibility index (Phi) is 11.4. The van der Waals surface area contributed by atoms with Gasteiger partial charge in [-0.15, -0.1) is 0 Å². The van der Waals surface area contributed by atoms with Crippen LogP contribution in [0.4, 0.5) is 24.9 Å². The van der Waals surface area contributed by atoms with Gasteiger partial charge in [0.1, 0.15) is 18.1 Å². The third-order valence-corrected chi connectivity index (χ3v) is 3.92. The van der Waals surface area contributed by atoms with E-state index in [0.717, 1.165) is 25.7 Å². The van der Waals surface area contributed by atoms with Crippen LogP contribution in [0.5, 0.6) is 0 Å². The van der Waals surface area contributed by atoms with E-state index in [1.54, 1.807) is 6.08 Å². The van der Waals surface area contributed by atoms with Crippen LogP contribution >= 0.6 is 0 Å². The minimum absolute atomic E-state index is 0.120. The summed E-state index contributed by atoms with van der Waals surface area (Å²) in [6.07, 6.45) is 6.19. The predicted octanol–water partition coefficient (Wildman–Crippen LogP) is 6.80. The van der Waals surface area contributed by atoms with E-state index in [9.17, 15) is 13.2 Å². The number of aromatic nitrogens is 3. The summed E-state index contributed by atoms with van der Waals surface area (Å²) in [6, 6.07) is 0. The van der Waals surface area contributed by atoms with Crippen LogP contribution in [0.1, 0.15) is 64.8 Å². The molecular formula is C22H32F3N5O. The Morgan fingerprint density at radius 2 is 1.87 bits per heavy atom. The smallest absolute Gasteiger partial charge is 0.405 e. The molecule has 2 heterocycles. The molecule has 0 saturated heterocycles. The standard InChI is InChI=1S/C20H26F3N5O.C2H6/c1-4-7-9-11-24-17-14(12-25-19(28-17)26-13-20(21,22)23)18-27-15(10-8-5-2)16(6-3)29-18;1-2/h6,8,10,12H,3-5,7,9,11,13H2,1-2H3,(H2,24,25,26,28);1-2H3/b10-8-;. The Hall–Kier alpha value is -2.84. The number of anilines is 2. The lowest BCUT2D eigenvalue weighted by atomic mass is 10.2. The molecule has 0 amide bonds. The average Bonchev–Trinajstić information content (AvgIpc) is 3.17. The van der Waals surface area contributed by atoms with Crippen molar-refractivity contribution < 1.29 is 17.6 Å². The molecule has 0 spiro atoms. The first kappa shape index (κ1) is 26.2. The van der Waals surface area contributed by atoms with E-state index < -0.39 is 12.7 Å². The molecule has 0 fully saturated rings. The normalized spacial score (nSPS) is 11.2. The van der Waals surface area contributed by atoms with Crippen LogP contribution in [-0.4, -0.2) is 34.2 Å². The van der Waals surface area contributed by atoms with Crippen LogP contribution in [0.3, 0.4) is 0 Å². The Labute approximate surface area is 182 Å². The zero-order chi connectivity index (χ0) is 23.3. The van der Waals surface area contributed by atoms with Crippen molar-refractivity contribution in [3.05, 3.63) is 30.3 Å². The van der Waals surface area contributed by atoms with E-state index in [4.69, 9.17) is 4.42 Å². The van der Waals surface area contributed by atoms with Gasteiger partial charge >= 0.3 is 6.18 Å². The minimum atomic E-state index is -4.36. The highest BCUT2D eigenvalue weighted by atomic mass is 19.4. The molecule has 0 aliphatic carbocycles. The van der Waals surface area contributed by atoms with Gasteiger partial charge < -0.3 is 15.1 Å². The van der Waals surface area contributed by atoms with Crippen molar-refractivity contribution >= 4 is 23.9 Å². The second kappa shape index (κ2) is 13.5. The summed E-state index contributed by atoms with van der Waals surface area (Å²) in [7, 11) is 0. The fraction of sp³-hybridized carbons (Fsp3) is 0.500. The number of hydrogen-bond donors (Lipinski definition) is 2. The summed E-state index contributed by atoms with van der Waals surface area (Å²) in [4.78, 5) is 12.6. The summed E-state index contributed by atoms with van der Waals surface area (Å²) in [5.41, 5.74) is 1.09. The molecule has 0 aliphatic rings. The lowest BCUT2D eigenvalue weighted by Crippen LogP contribution is -2.22. The van der Waals surface area contributed by atoms with Crippen molar-refractivity contribution in [2.75, 3.05) is 23.7 Å². The highest BCUT2D eigenvalue weighted by Crippen LogP contribution is 2.29. The van der Waals surface area contributed by atoms with Gasteiger partial charge in [0.2, 0.25) is 11.8 Å². The first-order valence-electron chi connectivity index (χ1n) is 10.6. The number of allylic oxidation sites excluding steroid dienone is 1. The molecule has 0 bridgehead atoms. The van der Waals surface area contributed by atoms with E-state index >= 15 is 0 Å². The van der Waals surface area contributed by atoms with Gasteiger partial charge in [0.05, 0.1) is 5.56 Å². The summed E-state index contributed by atoms with van der Waals surface area (Å²) < 4.78 is 43.2. The quantitative estimate of drug-likeness (QED) is 0.375. The maximum absolute atomic E-state index is 12.5. The number of oxazole rings is 1. The minimum Gasteiger partial charge on any atom is -0.436 e. The number of hydrogen-bond acceptors (Lipinski definition) is 6. The number of rotatable bonds is 11. The predicted molar refractivity (Wildman–Crippen MR) is 121 cm³/mol. The zero-order valence-electron chi connectivity index (χ0n) is 18.6. The van der Waals surface area contributed by atoms with Crippen LogP contribution in [0.15, 0.2) is 23.3 Å². The van der Waals surface area contributed by atoms with Crippen molar-refractivity contribution in [2.45, 2.75) is 59.6 Å². The third kappa shape index (κ3) is 8.82. The molecule has 31 heavy (non-hydrogen) atoms. The monoisotopic (exact) mass is 439 g/mol. The first-order chi connectivity index (χ1) is 14.9. The SMILES string of the molecule is C=Cc1oc(-c2cnc(NCC(F)(F)F)nc2NCCCCC)nc1/C=C\CC.CC. The first-order valence-corrected chi connectivity index (χ1v) is 10.6. The molecule has 0 radical (unpaired) electrons. The van der Waals surface area contributed by atoms with Gasteiger partial charge in [0.15, 0.2) is 5.76 Å². The van der Waals surface area contributed by atoms with E-state index in [-0.39, 0.29) is 11.8 Å². The van der Waals surface area contributed by atoms with Crippen LogP contribution in [0.25, 0.3) is 23.6 Å². The van der Waals surface area contributed by atoms with Gasteiger partial charge in [-0.05, 0) is 25.0 Å². The molecule has 0 unspecified atom stereocenters. The molecule has 2 rings (SSSR count). The molecular weight excluding hydrogens is 407 g/mol. The molecule has 0 atom stereocenters. The second-order valence-electron chi connectivity index (χ2n) is 6.34. The summed E-state index contributed by atoms with van der Waals surface area (Å²) in [5, 5.41) is 5.35. The Morgan fingerprint density at radius 1 is 1.13 bits per heavy atom. The number of nitrogens with zero attached hydrogens (tertiary/aromatic N) is 3. The number of nitrogens with one attached hydrogen (secondary N) is 2. The van der Waals surface area contributed by atoms with Gasteiger partial charge in [-0.3, -0.25) is 0 Å². The van der Waals surface area contributed by atoms with Crippen molar-refractivity contribution in [1.29, 1.82) is 0 Å². The Morgan fingerprint density at radius 3 is 2.48 bits per heavy atom. The summed E-state index contributed by atoms with van der Waals surface area (Å²) >= 11 is 0. The summed E-state index contributed by atoms with van der Waals surface area (Å²) in [6.45, 7) is 11.2. The van der Waals surface area contributed by atoms with Crippen molar-refractivity contribution in [3.8, 4) is 11.5 Å². The molecule has 0 aliphatic heterocycles. The average molecular weight is 440 g/mol. The lowest BCUT2D eigenvalue weighted by molar-refractivity contribution is -0.115. The highest BCUT2D eigenvalue weighted by Gasteiger charge is 2.27. The van der Waals surface area contributed by atoms with E-state index in [2.05, 4.69) is 39.1 Å². The lowest BCUT2D eigenvalue weighted by Gasteiger charge is -2.12. The van der Waals surface area contributed by atoms with Crippen LogP contribution < -0.4 is 10.6 Å². The third-order valence-electron chi connectivity index (χ3n) is 3.92. The Bertz CT molecular complexity index is 831. The van der Waals surface area contributed by atoms with E-state index in [1.807, 2.05) is 32.9 Å². The molecule has 6 nitrogen and oxygen atoms in total. The fourth-order valence-electron chi connectivity index (χ4n) is 2.47. The van der Waals surface area contributed by atoms with Crippen LogP contribution in [0.2, 0.25) is 0 Å². The molecule has 2 N–H and O–H groups in total. The number of halogens is 3. The van der Waals surface area contributed by atoms with Gasteiger partial charge in [0.25, 0.3) is 0 Å². The van der Waals surface area contributed by atoms with Crippen molar-refractivity contribution in [1.82, 2.24) is 15.0 Å². The topological polar surface area (TPSA) is 75.9 Å². The molecule has 2 aromatic rings. The molecule has 172 valence electrons. The maximum Gasteiger partial charge on any atom is 0.405 e. The van der Waals surface area contributed by atoms with Crippen molar-refractivity contribution in [2.24, 2.45) is 0 Å². The second-order valence-corrected chi connectivity index (χ2v) is 6.34. The van der Waals surface area contributed by atoms with Gasteiger partial charge in [-0.1, -0.05) is 53.2 Å². The van der Waals surface area contributed by atoms with Gasteiger partial charge in [-0.25, -0.2) is 9.97 Å². The number of unbranched alkanes of at least 4 members (excludes halogenated alkanes) is 2. The molecule has 0 aromatic carbocycles. The van der Waals surface area contributed by atoms with E-state index in [1.165, 1.54) is 6.20 Å². The highest BCUT2D eigenvalue weighted by molar-refractivity contribution is 5.71. The Balaban J connectivity index is 0.00000233. The maximum atomic E-state index is 12.5. The largest absolute Gasteiger partial charge is 0.436 e.